The van der Waals surface area contributed by atoms with E-state index in [0.717, 1.165) is 6.21 Å². The lowest BCUT2D eigenvalue weighted by atomic mass is 9.89. The molecule has 18 heavy (non-hydrogen) atoms. The summed E-state index contributed by atoms with van der Waals surface area (Å²) in [7, 11) is 0. The second-order valence-corrected chi connectivity index (χ2v) is 3.27. The highest BCUT2D eigenvalue weighted by atomic mass is 19.4. The molecule has 0 radical (unpaired) electrons. The summed E-state index contributed by atoms with van der Waals surface area (Å²) in [6.45, 7) is 9.03. The molecular formula is C13H18F3NO. The van der Waals surface area contributed by atoms with Gasteiger partial charge < -0.3 is 4.84 Å². The van der Waals surface area contributed by atoms with Crippen molar-refractivity contribution in [3.63, 3.8) is 0 Å². The molecule has 1 aliphatic heterocycles. The molecular weight excluding hydrogens is 243 g/mol. The van der Waals surface area contributed by atoms with Gasteiger partial charge in [-0.3, -0.25) is 0 Å². The maximum atomic E-state index is 13.0. The minimum Gasteiger partial charge on any atom is -0.375 e. The van der Waals surface area contributed by atoms with Crippen LogP contribution in [0.4, 0.5) is 13.2 Å². The van der Waals surface area contributed by atoms with E-state index in [1.807, 2.05) is 13.8 Å². The SMILES string of the molecule is C=C/C=C(\C=C/C)C1(C(F)(F)F)CC=NO1.CC. The highest BCUT2D eigenvalue weighted by Crippen LogP contribution is 2.44. The fraction of sp³-hybridized carbons (Fsp3) is 0.462. The predicted molar refractivity (Wildman–Crippen MR) is 67.4 cm³/mol. The van der Waals surface area contributed by atoms with E-state index in [0.29, 0.717) is 0 Å². The van der Waals surface area contributed by atoms with E-state index in [1.165, 1.54) is 24.3 Å². The largest absolute Gasteiger partial charge is 0.435 e. The van der Waals surface area contributed by atoms with E-state index >= 15 is 0 Å². The van der Waals surface area contributed by atoms with Crippen molar-refractivity contribution in [2.45, 2.75) is 39.0 Å². The summed E-state index contributed by atoms with van der Waals surface area (Å²) >= 11 is 0. The molecule has 0 fully saturated rings. The second-order valence-electron chi connectivity index (χ2n) is 3.27. The van der Waals surface area contributed by atoms with Gasteiger partial charge in [0, 0.05) is 18.2 Å². The minimum atomic E-state index is -4.52. The van der Waals surface area contributed by atoms with Crippen LogP contribution in [0.1, 0.15) is 27.2 Å². The third-order valence-electron chi connectivity index (χ3n) is 2.23. The lowest BCUT2D eigenvalue weighted by Gasteiger charge is -2.29. The zero-order chi connectivity index (χ0) is 14.2. The van der Waals surface area contributed by atoms with Gasteiger partial charge in [0.25, 0.3) is 5.60 Å². The van der Waals surface area contributed by atoms with Gasteiger partial charge in [-0.1, -0.05) is 49.9 Å². The van der Waals surface area contributed by atoms with E-state index in [4.69, 9.17) is 0 Å². The first-order valence-electron chi connectivity index (χ1n) is 5.70. The molecule has 0 bridgehead atoms. The van der Waals surface area contributed by atoms with Gasteiger partial charge in [-0.05, 0) is 6.92 Å². The molecule has 0 saturated carbocycles. The van der Waals surface area contributed by atoms with Crippen LogP contribution >= 0.6 is 0 Å². The maximum Gasteiger partial charge on any atom is 0.435 e. The highest BCUT2D eigenvalue weighted by molar-refractivity contribution is 5.63. The van der Waals surface area contributed by atoms with Gasteiger partial charge in [0.2, 0.25) is 0 Å². The van der Waals surface area contributed by atoms with E-state index in [2.05, 4.69) is 16.6 Å². The van der Waals surface area contributed by atoms with E-state index in [9.17, 15) is 13.2 Å². The van der Waals surface area contributed by atoms with Gasteiger partial charge >= 0.3 is 6.18 Å². The first kappa shape index (κ1) is 16.5. The topological polar surface area (TPSA) is 21.6 Å². The van der Waals surface area contributed by atoms with Gasteiger partial charge in [-0.25, -0.2) is 0 Å². The summed E-state index contributed by atoms with van der Waals surface area (Å²) in [5.74, 6) is 0. The Kier molecular flexibility index (Phi) is 6.44. The molecule has 0 aromatic rings. The molecule has 1 aliphatic rings. The van der Waals surface area contributed by atoms with Crippen molar-refractivity contribution in [1.29, 1.82) is 0 Å². The van der Waals surface area contributed by atoms with Gasteiger partial charge in [0.05, 0.1) is 0 Å². The van der Waals surface area contributed by atoms with Crippen molar-refractivity contribution >= 4 is 6.21 Å². The van der Waals surface area contributed by atoms with Crippen LogP contribution in [0.5, 0.6) is 0 Å². The zero-order valence-electron chi connectivity index (χ0n) is 10.8. The van der Waals surface area contributed by atoms with Crippen LogP contribution in [-0.2, 0) is 4.84 Å². The molecule has 1 rings (SSSR count). The van der Waals surface area contributed by atoms with Crippen molar-refractivity contribution in [3.8, 4) is 0 Å². The smallest absolute Gasteiger partial charge is 0.375 e. The standard InChI is InChI=1S/C11H12F3NO.C2H6/c1-3-5-9(6-4-2)10(11(12,13)14)7-8-15-16-10;1-2/h3-6,8H,1,7H2,2H3;1-2H3/b6-4-,9-5+;. The number of nitrogens with zero attached hydrogens (tertiary/aromatic N) is 1. The van der Waals surface area contributed by atoms with Crippen molar-refractivity contribution in [2.24, 2.45) is 5.16 Å². The Morgan fingerprint density at radius 3 is 2.39 bits per heavy atom. The molecule has 2 nitrogen and oxygen atoms in total. The van der Waals surface area contributed by atoms with Crippen molar-refractivity contribution < 1.29 is 18.0 Å². The molecule has 102 valence electrons. The maximum absolute atomic E-state index is 13.0. The number of rotatable bonds is 3. The van der Waals surface area contributed by atoms with Crippen molar-refractivity contribution in [3.05, 3.63) is 36.5 Å². The fourth-order valence-corrected chi connectivity index (χ4v) is 1.46. The first-order chi connectivity index (χ1) is 8.48. The Morgan fingerprint density at radius 2 is 2.06 bits per heavy atom. The molecule has 0 aromatic carbocycles. The third-order valence-corrected chi connectivity index (χ3v) is 2.23. The Bertz CT molecular complexity index is 346. The molecule has 0 amide bonds. The van der Waals surface area contributed by atoms with Crippen LogP contribution in [0.15, 0.2) is 41.6 Å². The molecule has 0 N–H and O–H groups in total. The van der Waals surface area contributed by atoms with E-state index in [-0.39, 0.29) is 12.0 Å². The number of oxime groups is 1. The number of alkyl halides is 3. The summed E-state index contributed by atoms with van der Waals surface area (Å²) in [6.07, 6.45) is 1.73. The first-order valence-corrected chi connectivity index (χ1v) is 5.70. The molecule has 0 aromatic heterocycles. The quantitative estimate of drug-likeness (QED) is 0.690. The average molecular weight is 261 g/mol. The van der Waals surface area contributed by atoms with Crippen LogP contribution in [0.3, 0.4) is 0 Å². The predicted octanol–water partition coefficient (Wildman–Crippen LogP) is 4.41. The summed E-state index contributed by atoms with van der Waals surface area (Å²) in [4.78, 5) is 4.55. The average Bonchev–Trinajstić information content (AvgIpc) is 2.81. The molecule has 1 unspecified atom stereocenters. The lowest BCUT2D eigenvalue weighted by Crippen LogP contribution is -2.46. The zero-order valence-corrected chi connectivity index (χ0v) is 10.8. The van der Waals surface area contributed by atoms with Gasteiger partial charge in [-0.2, -0.15) is 13.2 Å². The lowest BCUT2D eigenvalue weighted by molar-refractivity contribution is -0.251. The van der Waals surface area contributed by atoms with Gasteiger partial charge in [0.1, 0.15) is 0 Å². The van der Waals surface area contributed by atoms with Crippen molar-refractivity contribution in [2.75, 3.05) is 0 Å². The third kappa shape index (κ3) is 3.24. The van der Waals surface area contributed by atoms with Crippen LogP contribution < -0.4 is 0 Å². The van der Waals surface area contributed by atoms with Crippen LogP contribution in [0.25, 0.3) is 0 Å². The Hall–Kier alpha value is -1.52. The summed E-state index contributed by atoms with van der Waals surface area (Å²) in [6, 6.07) is 0. The minimum absolute atomic E-state index is 0.00463. The van der Waals surface area contributed by atoms with Gasteiger partial charge in [0.15, 0.2) is 0 Å². The highest BCUT2D eigenvalue weighted by Gasteiger charge is 2.60. The molecule has 0 spiro atoms. The molecule has 5 heteroatoms. The van der Waals surface area contributed by atoms with Crippen LogP contribution in [0.2, 0.25) is 0 Å². The summed E-state index contributed by atoms with van der Waals surface area (Å²) < 4.78 is 39.0. The Morgan fingerprint density at radius 1 is 1.44 bits per heavy atom. The molecule has 1 atom stereocenters. The number of hydrogen-bond donors (Lipinski definition) is 0. The molecule has 1 heterocycles. The molecule has 0 aliphatic carbocycles. The van der Waals surface area contributed by atoms with Crippen LogP contribution in [-0.4, -0.2) is 18.0 Å². The second kappa shape index (κ2) is 7.03. The Labute approximate surface area is 106 Å². The summed E-state index contributed by atoms with van der Waals surface area (Å²) in [5.41, 5.74) is -2.37. The number of halogens is 3. The van der Waals surface area contributed by atoms with E-state index in [1.54, 1.807) is 6.92 Å². The van der Waals surface area contributed by atoms with E-state index < -0.39 is 11.8 Å². The Balaban J connectivity index is 0.00000137. The van der Waals surface area contributed by atoms with Crippen molar-refractivity contribution in [1.82, 2.24) is 0 Å². The van der Waals surface area contributed by atoms with Gasteiger partial charge in [-0.15, -0.1) is 0 Å². The summed E-state index contributed by atoms with van der Waals surface area (Å²) in [5, 5.41) is 3.23. The monoisotopic (exact) mass is 261 g/mol. The molecule has 0 saturated heterocycles. The fourth-order valence-electron chi connectivity index (χ4n) is 1.46. The normalized spacial score (nSPS) is 23.6. The van der Waals surface area contributed by atoms with Crippen LogP contribution in [0, 0.1) is 0 Å². The number of allylic oxidation sites excluding steroid dienone is 3. The number of hydrogen-bond acceptors (Lipinski definition) is 2.